The summed E-state index contributed by atoms with van der Waals surface area (Å²) in [7, 11) is 0. The molecule has 0 aliphatic heterocycles. The summed E-state index contributed by atoms with van der Waals surface area (Å²) in [6, 6.07) is 2.24. The van der Waals surface area contributed by atoms with Crippen LogP contribution in [0.25, 0.3) is 0 Å². The van der Waals surface area contributed by atoms with Crippen LogP contribution in [0.3, 0.4) is 0 Å². The van der Waals surface area contributed by atoms with Gasteiger partial charge in [0.25, 0.3) is 0 Å². The fraction of sp³-hybridized carbons (Fsp3) is 0.667. The first-order chi connectivity index (χ1) is 9.15. The molecule has 0 saturated heterocycles. The molecule has 0 spiro atoms. The second-order valence-corrected chi connectivity index (χ2v) is 5.83. The van der Waals surface area contributed by atoms with Gasteiger partial charge in [-0.25, -0.2) is 4.98 Å². The van der Waals surface area contributed by atoms with E-state index in [0.29, 0.717) is 11.7 Å². The van der Waals surface area contributed by atoms with Crippen molar-refractivity contribution in [3.05, 3.63) is 23.4 Å². The Morgan fingerprint density at radius 3 is 2.95 bits per heavy atom. The van der Waals surface area contributed by atoms with E-state index in [1.807, 2.05) is 13.1 Å². The van der Waals surface area contributed by atoms with E-state index in [9.17, 15) is 0 Å². The third kappa shape index (κ3) is 3.25. The van der Waals surface area contributed by atoms with Gasteiger partial charge in [-0.15, -0.1) is 0 Å². The Morgan fingerprint density at radius 2 is 2.26 bits per heavy atom. The smallest absolute Gasteiger partial charge is 0.128 e. The van der Waals surface area contributed by atoms with E-state index in [4.69, 9.17) is 11.6 Å². The van der Waals surface area contributed by atoms with E-state index in [1.165, 1.54) is 32.1 Å². The number of aromatic nitrogens is 1. The second kappa shape index (κ2) is 6.35. The van der Waals surface area contributed by atoms with Gasteiger partial charge in [-0.1, -0.05) is 26.2 Å². The maximum Gasteiger partial charge on any atom is 0.128 e. The molecular weight excluding hydrogens is 236 g/mol. The zero-order valence-electron chi connectivity index (χ0n) is 12.0. The molecule has 1 saturated carbocycles. The molecule has 1 aromatic heterocycles. The first kappa shape index (κ1) is 14.3. The van der Waals surface area contributed by atoms with Gasteiger partial charge in [0.05, 0.1) is 6.04 Å². The largest absolute Gasteiger partial charge is 0.383 e. The van der Waals surface area contributed by atoms with E-state index in [-0.39, 0.29) is 6.04 Å². The van der Waals surface area contributed by atoms with Gasteiger partial charge in [0, 0.05) is 11.8 Å². The van der Waals surface area contributed by atoms with Gasteiger partial charge in [-0.05, 0) is 43.2 Å². The molecule has 2 rings (SSSR count). The standard InChI is InChI=1S/C15H26N4/c1-3-11-5-4-6-12(8-11)14(19-17)13-7-10(2)9-18-15(13)16/h7,9,11-12,14,19H,3-6,8,17H2,1-2H3,(H2,16,18). The Balaban J connectivity index is 2.21. The molecule has 1 aromatic rings. The van der Waals surface area contributed by atoms with Crippen LogP contribution in [0, 0.1) is 18.8 Å². The number of nitrogen functional groups attached to an aromatic ring is 1. The van der Waals surface area contributed by atoms with Crippen molar-refractivity contribution in [1.29, 1.82) is 0 Å². The third-order valence-electron chi connectivity index (χ3n) is 4.47. The predicted molar refractivity (Wildman–Crippen MR) is 79.2 cm³/mol. The molecule has 106 valence electrons. The van der Waals surface area contributed by atoms with Crippen molar-refractivity contribution in [2.24, 2.45) is 17.7 Å². The SMILES string of the molecule is CCC1CCCC(C(NN)c2cc(C)cnc2N)C1. The summed E-state index contributed by atoms with van der Waals surface area (Å²) in [5.74, 6) is 7.80. The van der Waals surface area contributed by atoms with E-state index in [2.05, 4.69) is 23.4 Å². The zero-order chi connectivity index (χ0) is 13.8. The molecule has 3 unspecified atom stereocenters. The minimum atomic E-state index is 0.127. The van der Waals surface area contributed by atoms with Crippen LogP contribution < -0.4 is 17.0 Å². The number of nitrogens with zero attached hydrogens (tertiary/aromatic N) is 1. The summed E-state index contributed by atoms with van der Waals surface area (Å²) < 4.78 is 0. The molecule has 4 nitrogen and oxygen atoms in total. The van der Waals surface area contributed by atoms with Crippen LogP contribution in [0.2, 0.25) is 0 Å². The van der Waals surface area contributed by atoms with Gasteiger partial charge in [0.15, 0.2) is 0 Å². The van der Waals surface area contributed by atoms with Crippen LogP contribution in [0.15, 0.2) is 12.3 Å². The Bertz CT molecular complexity index is 419. The van der Waals surface area contributed by atoms with Gasteiger partial charge in [0.1, 0.15) is 5.82 Å². The fourth-order valence-electron chi connectivity index (χ4n) is 3.34. The summed E-state index contributed by atoms with van der Waals surface area (Å²) in [6.07, 6.45) is 8.17. The molecule has 19 heavy (non-hydrogen) atoms. The highest BCUT2D eigenvalue weighted by atomic mass is 15.2. The summed E-state index contributed by atoms with van der Waals surface area (Å²) in [5, 5.41) is 0. The average molecular weight is 262 g/mol. The van der Waals surface area contributed by atoms with Crippen molar-refractivity contribution in [2.45, 2.75) is 52.0 Å². The summed E-state index contributed by atoms with van der Waals surface area (Å²) in [5.41, 5.74) is 11.2. The molecule has 1 fully saturated rings. The number of nitrogens with two attached hydrogens (primary N) is 2. The van der Waals surface area contributed by atoms with Crippen LogP contribution in [0.5, 0.6) is 0 Å². The van der Waals surface area contributed by atoms with E-state index in [0.717, 1.165) is 17.0 Å². The van der Waals surface area contributed by atoms with Gasteiger partial charge in [-0.2, -0.15) is 0 Å². The molecule has 0 radical (unpaired) electrons. The van der Waals surface area contributed by atoms with Crippen molar-refractivity contribution in [2.75, 3.05) is 5.73 Å². The average Bonchev–Trinajstić information content (AvgIpc) is 2.44. The van der Waals surface area contributed by atoms with Gasteiger partial charge < -0.3 is 5.73 Å². The molecule has 4 heteroatoms. The Kier molecular flexibility index (Phi) is 4.77. The van der Waals surface area contributed by atoms with Crippen molar-refractivity contribution < 1.29 is 0 Å². The quantitative estimate of drug-likeness (QED) is 0.576. The van der Waals surface area contributed by atoms with Crippen LogP contribution in [-0.2, 0) is 0 Å². The molecule has 1 heterocycles. The molecule has 1 aliphatic carbocycles. The second-order valence-electron chi connectivity index (χ2n) is 5.83. The van der Waals surface area contributed by atoms with E-state index < -0.39 is 0 Å². The van der Waals surface area contributed by atoms with Crippen molar-refractivity contribution in [3.8, 4) is 0 Å². The number of pyridine rings is 1. The molecular formula is C15H26N4. The Labute approximate surface area is 115 Å². The number of aryl methyl sites for hydroxylation is 1. The lowest BCUT2D eigenvalue weighted by molar-refractivity contribution is 0.210. The summed E-state index contributed by atoms with van der Waals surface area (Å²) >= 11 is 0. The monoisotopic (exact) mass is 262 g/mol. The van der Waals surface area contributed by atoms with Crippen LogP contribution in [0.4, 0.5) is 5.82 Å². The zero-order valence-corrected chi connectivity index (χ0v) is 12.0. The number of nitrogens with one attached hydrogen (secondary N) is 1. The fourth-order valence-corrected chi connectivity index (χ4v) is 3.34. The maximum absolute atomic E-state index is 6.03. The molecule has 1 aliphatic rings. The van der Waals surface area contributed by atoms with E-state index in [1.54, 1.807) is 0 Å². The highest BCUT2D eigenvalue weighted by Gasteiger charge is 2.29. The van der Waals surface area contributed by atoms with Crippen molar-refractivity contribution in [3.63, 3.8) is 0 Å². The van der Waals surface area contributed by atoms with Crippen LogP contribution in [-0.4, -0.2) is 4.98 Å². The highest BCUT2D eigenvalue weighted by Crippen LogP contribution is 2.39. The Hall–Kier alpha value is -1.13. The highest BCUT2D eigenvalue weighted by molar-refractivity contribution is 5.43. The van der Waals surface area contributed by atoms with Gasteiger partial charge >= 0.3 is 0 Å². The number of hydrazine groups is 1. The topological polar surface area (TPSA) is 77.0 Å². The number of rotatable bonds is 4. The predicted octanol–water partition coefficient (Wildman–Crippen LogP) is 2.69. The normalized spacial score (nSPS) is 25.2. The van der Waals surface area contributed by atoms with Crippen molar-refractivity contribution in [1.82, 2.24) is 10.4 Å². The lowest BCUT2D eigenvalue weighted by atomic mass is 9.75. The number of hydrogen-bond donors (Lipinski definition) is 3. The minimum absolute atomic E-state index is 0.127. The summed E-state index contributed by atoms with van der Waals surface area (Å²) in [4.78, 5) is 4.26. The molecule has 0 amide bonds. The lowest BCUT2D eigenvalue weighted by Crippen LogP contribution is -2.36. The van der Waals surface area contributed by atoms with Crippen LogP contribution in [0.1, 0.15) is 56.2 Å². The maximum atomic E-state index is 6.03. The molecule has 0 bridgehead atoms. The third-order valence-corrected chi connectivity index (χ3v) is 4.47. The first-order valence-corrected chi connectivity index (χ1v) is 7.33. The van der Waals surface area contributed by atoms with Crippen molar-refractivity contribution >= 4 is 5.82 Å². The number of hydrogen-bond acceptors (Lipinski definition) is 4. The van der Waals surface area contributed by atoms with Gasteiger partial charge in [-0.3, -0.25) is 11.3 Å². The molecule has 5 N–H and O–H groups in total. The molecule has 3 atom stereocenters. The molecule has 0 aromatic carbocycles. The Morgan fingerprint density at radius 1 is 1.47 bits per heavy atom. The minimum Gasteiger partial charge on any atom is -0.383 e. The van der Waals surface area contributed by atoms with Crippen LogP contribution >= 0.6 is 0 Å². The first-order valence-electron chi connectivity index (χ1n) is 7.33. The summed E-state index contributed by atoms with van der Waals surface area (Å²) in [6.45, 7) is 4.32. The number of anilines is 1. The lowest BCUT2D eigenvalue weighted by Gasteiger charge is -2.34. The van der Waals surface area contributed by atoms with Gasteiger partial charge in [0.2, 0.25) is 0 Å². The van der Waals surface area contributed by atoms with E-state index >= 15 is 0 Å².